The van der Waals surface area contributed by atoms with Gasteiger partial charge in [-0.05, 0) is 40.9 Å². The first-order chi connectivity index (χ1) is 10.1. The summed E-state index contributed by atoms with van der Waals surface area (Å²) in [5.74, 6) is 0.267. The van der Waals surface area contributed by atoms with Gasteiger partial charge in [-0.2, -0.15) is 0 Å². The molecule has 1 heterocycles. The van der Waals surface area contributed by atoms with Gasteiger partial charge in [0.1, 0.15) is 0 Å². The fourth-order valence-corrected chi connectivity index (χ4v) is 2.68. The number of aryl methyl sites for hydroxylation is 1. The summed E-state index contributed by atoms with van der Waals surface area (Å²) < 4.78 is 6.01. The van der Waals surface area contributed by atoms with Gasteiger partial charge in [-0.25, -0.2) is 0 Å². The molecule has 2 N–H and O–H groups in total. The Kier molecular flexibility index (Phi) is 5.59. The summed E-state index contributed by atoms with van der Waals surface area (Å²) in [5.41, 5.74) is 7.65. The van der Waals surface area contributed by atoms with Gasteiger partial charge >= 0.3 is 0 Å². The van der Waals surface area contributed by atoms with E-state index in [1.54, 1.807) is 11.0 Å². The molecule has 0 atom stereocenters. The fourth-order valence-electron chi connectivity index (χ4n) is 2.18. The van der Waals surface area contributed by atoms with Crippen LogP contribution in [0.4, 0.5) is 0 Å². The lowest BCUT2D eigenvalue weighted by molar-refractivity contribution is 0.0727. The Morgan fingerprint density at radius 3 is 2.57 bits per heavy atom. The molecule has 0 saturated carbocycles. The van der Waals surface area contributed by atoms with E-state index in [1.807, 2.05) is 25.1 Å². The van der Waals surface area contributed by atoms with Crippen LogP contribution in [0.3, 0.4) is 0 Å². The van der Waals surface area contributed by atoms with Gasteiger partial charge in [-0.15, -0.1) is 0 Å². The molecule has 1 aromatic heterocycles. The van der Waals surface area contributed by atoms with Gasteiger partial charge in [-0.1, -0.05) is 30.3 Å². The maximum Gasteiger partial charge on any atom is 0.289 e. The Morgan fingerprint density at radius 2 is 2.00 bits per heavy atom. The number of rotatable bonds is 6. The minimum atomic E-state index is -0.111. The molecule has 2 aromatic rings. The highest BCUT2D eigenvalue weighted by Gasteiger charge is 2.21. The Morgan fingerprint density at radius 1 is 1.29 bits per heavy atom. The van der Waals surface area contributed by atoms with Crippen molar-refractivity contribution in [3.8, 4) is 0 Å². The van der Waals surface area contributed by atoms with Crippen LogP contribution >= 0.6 is 15.9 Å². The fraction of sp³-hybridized carbons (Fsp3) is 0.312. The molecule has 5 heteroatoms. The lowest BCUT2D eigenvalue weighted by atomic mass is 10.1. The van der Waals surface area contributed by atoms with Crippen molar-refractivity contribution >= 4 is 21.8 Å². The third kappa shape index (κ3) is 4.19. The van der Waals surface area contributed by atoms with Crippen LogP contribution in [0.25, 0.3) is 0 Å². The minimum absolute atomic E-state index is 0.111. The number of carbonyl (C=O) groups is 1. The largest absolute Gasteiger partial charge is 0.444 e. The van der Waals surface area contributed by atoms with Crippen molar-refractivity contribution in [1.82, 2.24) is 4.90 Å². The predicted octanol–water partition coefficient (Wildman–Crippen LogP) is 2.99. The number of nitrogens with two attached hydrogens (primary N) is 1. The van der Waals surface area contributed by atoms with E-state index >= 15 is 0 Å². The van der Waals surface area contributed by atoms with Crippen LogP contribution in [0.2, 0.25) is 0 Å². The van der Waals surface area contributed by atoms with Gasteiger partial charge in [0, 0.05) is 25.2 Å². The van der Waals surface area contributed by atoms with Gasteiger partial charge in [0.15, 0.2) is 10.4 Å². The number of carbonyl (C=O) groups excluding carboxylic acids is 1. The maximum absolute atomic E-state index is 12.5. The van der Waals surface area contributed by atoms with E-state index in [1.165, 1.54) is 5.56 Å². The maximum atomic E-state index is 12.5. The molecule has 4 nitrogen and oxygen atoms in total. The number of furan rings is 1. The summed E-state index contributed by atoms with van der Waals surface area (Å²) >= 11 is 3.25. The SMILES string of the molecule is Cc1cc(Br)oc1C(=O)N(CCN)CCc1ccccc1. The molecule has 2 rings (SSSR count). The molecular weight excluding hydrogens is 332 g/mol. The van der Waals surface area contributed by atoms with E-state index < -0.39 is 0 Å². The molecule has 0 aliphatic rings. The average molecular weight is 351 g/mol. The van der Waals surface area contributed by atoms with E-state index in [9.17, 15) is 4.79 Å². The normalized spacial score (nSPS) is 10.6. The van der Waals surface area contributed by atoms with Crippen LogP contribution in [-0.2, 0) is 6.42 Å². The standard InChI is InChI=1S/C16H19BrN2O2/c1-12-11-14(17)21-15(12)16(20)19(10-8-18)9-7-13-5-3-2-4-6-13/h2-6,11H,7-10,18H2,1H3. The van der Waals surface area contributed by atoms with E-state index in [2.05, 4.69) is 28.1 Å². The van der Waals surface area contributed by atoms with Crippen molar-refractivity contribution in [1.29, 1.82) is 0 Å². The van der Waals surface area contributed by atoms with Gasteiger partial charge in [-0.3, -0.25) is 4.79 Å². The van der Waals surface area contributed by atoms with Crippen molar-refractivity contribution in [2.75, 3.05) is 19.6 Å². The van der Waals surface area contributed by atoms with Crippen LogP contribution in [-0.4, -0.2) is 30.4 Å². The van der Waals surface area contributed by atoms with Crippen LogP contribution < -0.4 is 5.73 Å². The molecule has 0 spiro atoms. The number of hydrogen-bond acceptors (Lipinski definition) is 3. The van der Waals surface area contributed by atoms with E-state index in [0.29, 0.717) is 30.1 Å². The molecule has 0 unspecified atom stereocenters. The summed E-state index contributed by atoms with van der Waals surface area (Å²) in [5, 5.41) is 0. The second-order valence-corrected chi connectivity index (χ2v) is 5.66. The summed E-state index contributed by atoms with van der Waals surface area (Å²) in [6.45, 7) is 3.43. The quantitative estimate of drug-likeness (QED) is 0.870. The van der Waals surface area contributed by atoms with Gasteiger partial charge in [0.25, 0.3) is 5.91 Å². The summed E-state index contributed by atoms with van der Waals surface area (Å²) in [6.07, 6.45) is 0.799. The number of amides is 1. The van der Waals surface area contributed by atoms with Crippen molar-refractivity contribution < 1.29 is 9.21 Å². The predicted molar refractivity (Wildman–Crippen MR) is 86.2 cm³/mol. The Bertz CT molecular complexity index is 596. The molecule has 21 heavy (non-hydrogen) atoms. The highest BCUT2D eigenvalue weighted by Crippen LogP contribution is 2.21. The molecule has 0 fully saturated rings. The molecule has 112 valence electrons. The summed E-state index contributed by atoms with van der Waals surface area (Å²) in [7, 11) is 0. The van der Waals surface area contributed by atoms with E-state index in [4.69, 9.17) is 10.2 Å². The second kappa shape index (κ2) is 7.43. The third-order valence-electron chi connectivity index (χ3n) is 3.28. The Hall–Kier alpha value is -1.59. The first kappa shape index (κ1) is 15.8. The van der Waals surface area contributed by atoms with Gasteiger partial charge in [0.05, 0.1) is 0 Å². The molecule has 0 saturated heterocycles. The minimum Gasteiger partial charge on any atom is -0.444 e. The molecule has 0 bridgehead atoms. The van der Waals surface area contributed by atoms with Crippen molar-refractivity contribution in [3.05, 3.63) is 58.0 Å². The zero-order valence-corrected chi connectivity index (χ0v) is 13.6. The summed E-state index contributed by atoms with van der Waals surface area (Å²) in [6, 6.07) is 11.9. The first-order valence-electron chi connectivity index (χ1n) is 6.91. The molecule has 0 aliphatic heterocycles. The number of benzene rings is 1. The molecular formula is C16H19BrN2O2. The lowest BCUT2D eigenvalue weighted by Gasteiger charge is -2.21. The number of nitrogens with zero attached hydrogens (tertiary/aromatic N) is 1. The Balaban J connectivity index is 2.07. The van der Waals surface area contributed by atoms with Crippen molar-refractivity contribution in [3.63, 3.8) is 0 Å². The van der Waals surface area contributed by atoms with Gasteiger partial charge in [0.2, 0.25) is 0 Å². The molecule has 1 amide bonds. The van der Waals surface area contributed by atoms with Gasteiger partial charge < -0.3 is 15.1 Å². The molecule has 0 aliphatic carbocycles. The zero-order chi connectivity index (χ0) is 15.2. The zero-order valence-electron chi connectivity index (χ0n) is 12.0. The summed E-state index contributed by atoms with van der Waals surface area (Å²) in [4.78, 5) is 14.3. The topological polar surface area (TPSA) is 59.5 Å². The monoisotopic (exact) mass is 350 g/mol. The van der Waals surface area contributed by atoms with E-state index in [0.717, 1.165) is 12.0 Å². The third-order valence-corrected chi connectivity index (χ3v) is 3.67. The smallest absolute Gasteiger partial charge is 0.289 e. The lowest BCUT2D eigenvalue weighted by Crippen LogP contribution is -2.37. The number of halogens is 1. The second-order valence-electron chi connectivity index (χ2n) is 4.88. The first-order valence-corrected chi connectivity index (χ1v) is 7.70. The Labute approximate surface area is 133 Å². The highest BCUT2D eigenvalue weighted by molar-refractivity contribution is 9.10. The highest BCUT2D eigenvalue weighted by atomic mass is 79.9. The van der Waals surface area contributed by atoms with Crippen LogP contribution in [0.5, 0.6) is 0 Å². The van der Waals surface area contributed by atoms with Crippen LogP contribution in [0.15, 0.2) is 45.5 Å². The number of hydrogen-bond donors (Lipinski definition) is 1. The van der Waals surface area contributed by atoms with Crippen molar-refractivity contribution in [2.45, 2.75) is 13.3 Å². The average Bonchev–Trinajstić information content (AvgIpc) is 2.82. The van der Waals surface area contributed by atoms with Crippen LogP contribution in [0.1, 0.15) is 21.7 Å². The van der Waals surface area contributed by atoms with E-state index in [-0.39, 0.29) is 5.91 Å². The molecule has 0 radical (unpaired) electrons. The molecule has 1 aromatic carbocycles. The van der Waals surface area contributed by atoms with Crippen molar-refractivity contribution in [2.24, 2.45) is 5.73 Å². The van der Waals surface area contributed by atoms with Crippen LogP contribution in [0, 0.1) is 6.92 Å².